The first kappa shape index (κ1) is 40.5. The van der Waals surface area contributed by atoms with Gasteiger partial charge in [0.25, 0.3) is 0 Å². The van der Waals surface area contributed by atoms with Crippen LogP contribution in [0.25, 0.3) is 0 Å². The molecule has 0 bridgehead atoms. The van der Waals surface area contributed by atoms with Crippen LogP contribution in [-0.4, -0.2) is 61.6 Å². The van der Waals surface area contributed by atoms with Crippen LogP contribution in [0, 0.1) is 12.8 Å². The van der Waals surface area contributed by atoms with E-state index in [9.17, 15) is 9.59 Å². The van der Waals surface area contributed by atoms with Crippen LogP contribution >= 0.6 is 0 Å². The van der Waals surface area contributed by atoms with Crippen LogP contribution in [0.15, 0.2) is 66.5 Å². The molecule has 1 atom stereocenters. The number of phenolic OH excluding ortho intramolecular Hbond substituents is 1. The molecule has 2 aromatic rings. The molecule has 0 spiro atoms. The first-order valence-electron chi connectivity index (χ1n) is 16.4. The van der Waals surface area contributed by atoms with Gasteiger partial charge in [-0.25, -0.2) is 0 Å². The van der Waals surface area contributed by atoms with Crippen molar-refractivity contribution in [2.45, 2.75) is 92.5 Å². The predicted molar refractivity (Wildman–Crippen MR) is 186 cm³/mol. The lowest BCUT2D eigenvalue weighted by molar-refractivity contribution is -0.121. The van der Waals surface area contributed by atoms with Gasteiger partial charge in [-0.1, -0.05) is 77.1 Å². The Hall–Kier alpha value is -3.54. The van der Waals surface area contributed by atoms with E-state index in [-0.39, 0.29) is 11.9 Å². The summed E-state index contributed by atoms with van der Waals surface area (Å²) in [6.45, 7) is 18.8. The number of aromatic hydroxyl groups is 1. The normalized spacial score (nSPS) is 11.9. The summed E-state index contributed by atoms with van der Waals surface area (Å²) in [4.78, 5) is 23.7. The largest absolute Gasteiger partial charge is 0.508 e. The fourth-order valence-corrected chi connectivity index (χ4v) is 4.63. The van der Waals surface area contributed by atoms with Crippen LogP contribution in [0.1, 0.15) is 83.4 Å². The Labute approximate surface area is 268 Å². The van der Waals surface area contributed by atoms with Gasteiger partial charge in [0.15, 0.2) is 0 Å². The van der Waals surface area contributed by atoms with Crippen LogP contribution in [0.3, 0.4) is 0 Å². The monoisotopic (exact) mass is 608 g/mol. The van der Waals surface area contributed by atoms with Gasteiger partial charge in [-0.05, 0) is 93.7 Å². The molecule has 4 N–H and O–H groups in total. The van der Waals surface area contributed by atoms with E-state index >= 15 is 0 Å². The van der Waals surface area contributed by atoms with Gasteiger partial charge in [-0.2, -0.15) is 0 Å². The van der Waals surface area contributed by atoms with E-state index in [1.807, 2.05) is 51.8 Å². The molecule has 2 amide bonds. The molecule has 0 aromatic heterocycles. The topological polar surface area (TPSA) is 93.7 Å². The molecule has 1 unspecified atom stereocenters. The highest BCUT2D eigenvalue weighted by atomic mass is 16.3. The van der Waals surface area contributed by atoms with Crippen LogP contribution in [0.2, 0.25) is 0 Å². The Morgan fingerprint density at radius 2 is 1.70 bits per heavy atom. The molecule has 1 aliphatic carbocycles. The number of benzene rings is 2. The average Bonchev–Trinajstić information content (AvgIpc) is 3.86. The van der Waals surface area contributed by atoms with Crippen molar-refractivity contribution in [1.29, 1.82) is 0 Å². The lowest BCUT2D eigenvalue weighted by Gasteiger charge is -2.28. The minimum atomic E-state index is 0.0442. The number of carbonyl (C=O) groups excluding carboxylic acids is 2. The van der Waals surface area contributed by atoms with E-state index in [0.29, 0.717) is 24.8 Å². The molecule has 0 saturated heterocycles. The van der Waals surface area contributed by atoms with Crippen molar-refractivity contribution in [3.05, 3.63) is 83.2 Å². The Kier molecular flexibility index (Phi) is 23.8. The molecule has 2 aromatic carbocycles. The van der Waals surface area contributed by atoms with E-state index in [1.54, 1.807) is 12.1 Å². The van der Waals surface area contributed by atoms with Crippen molar-refractivity contribution >= 4 is 12.3 Å². The van der Waals surface area contributed by atoms with Crippen LogP contribution in [0.4, 0.5) is 0 Å². The van der Waals surface area contributed by atoms with Crippen molar-refractivity contribution < 1.29 is 14.7 Å². The van der Waals surface area contributed by atoms with Crippen molar-refractivity contribution in [2.24, 2.45) is 5.92 Å². The molecule has 246 valence electrons. The lowest BCUT2D eigenvalue weighted by Crippen LogP contribution is -2.42. The highest BCUT2D eigenvalue weighted by Crippen LogP contribution is 2.36. The molecule has 1 saturated carbocycles. The number of nitrogens with zero attached hydrogens (tertiary/aromatic N) is 1. The number of hydrogen-bond acceptors (Lipinski definition) is 5. The Bertz CT molecular complexity index is 1080. The minimum absolute atomic E-state index is 0.0442. The standard InChI is InChI=1S/C15H27N3O.C13H19NO.C7H8O.C2H6/c1-5-10-17-15(12-8-9-12)13(6-2)18(4)11-14(19)16-7-3;1-2-6-12-7-3-4-8-13(12)9-5-10-14-11-15;1-6-3-2-4-7(8)5-6;1-2/h12,15,17H,2,5,7-11H2,1,3-4H3,(H,16,19);3-4,7-8,11H,2,5-6,9-10H2,1H3,(H,14,15);2-5,8H,1H3;1-2H3. The van der Waals surface area contributed by atoms with E-state index in [1.165, 1.54) is 30.4 Å². The van der Waals surface area contributed by atoms with Gasteiger partial charge in [0.05, 0.1) is 18.3 Å². The summed E-state index contributed by atoms with van der Waals surface area (Å²) >= 11 is 0. The molecule has 0 aliphatic heterocycles. The SMILES string of the molecule is C=C=C(C(NCCC)C1CC1)N(C)CC(=O)NCC.CC.CCCc1ccccc1CCCNC=O.Cc1cccc(O)c1. The van der Waals surface area contributed by atoms with E-state index in [4.69, 9.17) is 5.11 Å². The van der Waals surface area contributed by atoms with Gasteiger partial charge >= 0.3 is 0 Å². The second-order valence-corrected chi connectivity index (χ2v) is 10.7. The quantitative estimate of drug-likeness (QED) is 0.0986. The number of phenols is 1. The molecular formula is C37H60N4O3. The maximum atomic E-state index is 11.7. The van der Waals surface area contributed by atoms with E-state index in [2.05, 4.69) is 66.4 Å². The zero-order valence-corrected chi connectivity index (χ0v) is 28.5. The number of carbonyl (C=O) groups is 2. The number of aryl methyl sites for hydroxylation is 3. The molecular weight excluding hydrogens is 548 g/mol. The first-order valence-corrected chi connectivity index (χ1v) is 16.4. The molecule has 0 heterocycles. The first-order chi connectivity index (χ1) is 21.3. The zero-order chi connectivity index (χ0) is 33.2. The fourth-order valence-electron chi connectivity index (χ4n) is 4.63. The fraction of sp³-hybridized carbons (Fsp3) is 0.541. The number of amides is 2. The maximum absolute atomic E-state index is 11.7. The third-order valence-electron chi connectivity index (χ3n) is 6.84. The minimum Gasteiger partial charge on any atom is -0.508 e. The zero-order valence-electron chi connectivity index (χ0n) is 28.5. The smallest absolute Gasteiger partial charge is 0.239 e. The van der Waals surface area contributed by atoms with Crippen LogP contribution < -0.4 is 16.0 Å². The highest BCUT2D eigenvalue weighted by Gasteiger charge is 2.34. The molecule has 1 fully saturated rings. The summed E-state index contributed by atoms with van der Waals surface area (Å²) in [5.41, 5.74) is 8.01. The Balaban J connectivity index is 0.000000655. The Morgan fingerprint density at radius 3 is 2.18 bits per heavy atom. The van der Waals surface area contributed by atoms with Gasteiger partial charge in [-0.15, -0.1) is 5.73 Å². The summed E-state index contributed by atoms with van der Waals surface area (Å²) in [5.74, 6) is 1.06. The van der Waals surface area contributed by atoms with E-state index < -0.39 is 0 Å². The van der Waals surface area contributed by atoms with Gasteiger partial charge in [-0.3, -0.25) is 9.59 Å². The maximum Gasteiger partial charge on any atom is 0.239 e. The van der Waals surface area contributed by atoms with Crippen molar-refractivity contribution in [3.8, 4) is 5.75 Å². The second kappa shape index (κ2) is 25.9. The molecule has 0 radical (unpaired) electrons. The van der Waals surface area contributed by atoms with Gasteiger partial charge in [0, 0.05) is 20.1 Å². The van der Waals surface area contributed by atoms with Gasteiger partial charge < -0.3 is 26.0 Å². The average molecular weight is 609 g/mol. The van der Waals surface area contributed by atoms with Gasteiger partial charge in [0.1, 0.15) is 5.75 Å². The van der Waals surface area contributed by atoms with Crippen molar-refractivity contribution in [2.75, 3.05) is 33.2 Å². The van der Waals surface area contributed by atoms with E-state index in [0.717, 1.165) is 56.4 Å². The van der Waals surface area contributed by atoms with Crippen LogP contribution in [-0.2, 0) is 22.4 Å². The predicted octanol–water partition coefficient (Wildman–Crippen LogP) is 6.55. The summed E-state index contributed by atoms with van der Waals surface area (Å²) in [6, 6.07) is 16.0. The number of hydrogen-bond donors (Lipinski definition) is 4. The Morgan fingerprint density at radius 1 is 1.05 bits per heavy atom. The summed E-state index contributed by atoms with van der Waals surface area (Å²) in [5, 5.41) is 17.9. The summed E-state index contributed by atoms with van der Waals surface area (Å²) in [6.07, 6.45) is 8.77. The third kappa shape index (κ3) is 18.2. The highest BCUT2D eigenvalue weighted by molar-refractivity contribution is 5.78. The third-order valence-corrected chi connectivity index (χ3v) is 6.84. The van der Waals surface area contributed by atoms with Crippen molar-refractivity contribution in [3.63, 3.8) is 0 Å². The van der Waals surface area contributed by atoms with Gasteiger partial charge in [0.2, 0.25) is 12.3 Å². The van der Waals surface area contributed by atoms with Crippen molar-refractivity contribution in [1.82, 2.24) is 20.9 Å². The summed E-state index contributed by atoms with van der Waals surface area (Å²) in [7, 11) is 1.94. The summed E-state index contributed by atoms with van der Waals surface area (Å²) < 4.78 is 0. The van der Waals surface area contributed by atoms with Crippen LogP contribution in [0.5, 0.6) is 5.75 Å². The molecule has 7 heteroatoms. The second-order valence-electron chi connectivity index (χ2n) is 10.7. The molecule has 7 nitrogen and oxygen atoms in total. The molecule has 3 rings (SSSR count). The number of likely N-dealkylation sites (N-methyl/N-ethyl adjacent to an activating group) is 2. The number of nitrogens with one attached hydrogen (secondary N) is 3. The molecule has 44 heavy (non-hydrogen) atoms. The molecule has 1 aliphatic rings. The lowest BCUT2D eigenvalue weighted by atomic mass is 9.99. The number of rotatable bonds is 16.